The largest absolute Gasteiger partial charge is 0.456 e. The molecule has 0 heterocycles. The van der Waals surface area contributed by atoms with Crippen LogP contribution in [-0.4, -0.2) is 6.54 Å². The van der Waals surface area contributed by atoms with Gasteiger partial charge in [-0.25, -0.2) is 4.39 Å². The lowest BCUT2D eigenvalue weighted by atomic mass is 10.1. The van der Waals surface area contributed by atoms with Gasteiger partial charge in [-0.15, -0.1) is 0 Å². The maximum atomic E-state index is 13.2. The van der Waals surface area contributed by atoms with Gasteiger partial charge < -0.3 is 10.1 Å². The highest BCUT2D eigenvalue weighted by Crippen LogP contribution is 2.32. The molecule has 2 aromatic carbocycles. The molecule has 2 aromatic rings. The van der Waals surface area contributed by atoms with Crippen molar-refractivity contribution in [1.29, 1.82) is 0 Å². The van der Waals surface area contributed by atoms with Crippen molar-refractivity contribution < 1.29 is 9.13 Å². The van der Waals surface area contributed by atoms with E-state index in [1.165, 1.54) is 17.7 Å². The van der Waals surface area contributed by atoms with E-state index in [4.69, 9.17) is 4.74 Å². The van der Waals surface area contributed by atoms with Crippen molar-refractivity contribution in [2.24, 2.45) is 0 Å². The lowest BCUT2D eigenvalue weighted by molar-refractivity contribution is 0.473. The number of hydrogen-bond donors (Lipinski definition) is 1. The summed E-state index contributed by atoms with van der Waals surface area (Å²) in [6, 6.07) is 12.4. The molecule has 1 N–H and O–H groups in total. The molecule has 0 aliphatic rings. The quantitative estimate of drug-likeness (QED) is 0.747. The maximum Gasteiger partial charge on any atom is 0.141 e. The van der Waals surface area contributed by atoms with E-state index in [1.54, 1.807) is 12.1 Å². The fraction of sp³-hybridized carbons (Fsp3) is 0.294. The third kappa shape index (κ3) is 4.55. The van der Waals surface area contributed by atoms with Crippen LogP contribution < -0.4 is 10.1 Å². The lowest BCUT2D eigenvalue weighted by Gasteiger charge is -2.15. The van der Waals surface area contributed by atoms with Crippen LogP contribution in [0.1, 0.15) is 31.9 Å². The second-order valence-corrected chi connectivity index (χ2v) is 5.78. The zero-order valence-electron chi connectivity index (χ0n) is 12.2. The van der Waals surface area contributed by atoms with Gasteiger partial charge in [-0.1, -0.05) is 19.1 Å². The first kappa shape index (κ1) is 16.0. The summed E-state index contributed by atoms with van der Waals surface area (Å²) in [5, 5.41) is 3.44. The van der Waals surface area contributed by atoms with Crippen LogP contribution in [-0.2, 0) is 0 Å². The Morgan fingerprint density at radius 2 is 2.05 bits per heavy atom. The maximum absolute atomic E-state index is 13.2. The molecule has 2 nitrogen and oxygen atoms in total. The minimum atomic E-state index is -0.308. The van der Waals surface area contributed by atoms with Crippen molar-refractivity contribution >= 4 is 15.9 Å². The fourth-order valence-corrected chi connectivity index (χ4v) is 2.48. The first-order chi connectivity index (χ1) is 10.1. The fourth-order valence-electron chi connectivity index (χ4n) is 2.01. The van der Waals surface area contributed by atoms with Gasteiger partial charge in [0.05, 0.1) is 4.47 Å². The Hall–Kier alpha value is -1.39. The van der Waals surface area contributed by atoms with Crippen molar-refractivity contribution in [3.05, 3.63) is 58.3 Å². The molecule has 0 bridgehead atoms. The standard InChI is InChI=1S/C17H19BrFNO/c1-3-9-20-12(2)13-7-8-17(16(18)10-13)21-15-6-4-5-14(19)11-15/h4-8,10-12,20H,3,9H2,1-2H3. The van der Waals surface area contributed by atoms with E-state index in [1.807, 2.05) is 18.2 Å². The summed E-state index contributed by atoms with van der Waals surface area (Å²) < 4.78 is 19.7. The summed E-state index contributed by atoms with van der Waals surface area (Å²) in [5.74, 6) is 0.852. The summed E-state index contributed by atoms with van der Waals surface area (Å²) in [5.41, 5.74) is 1.18. The summed E-state index contributed by atoms with van der Waals surface area (Å²) in [6.45, 7) is 5.26. The molecular weight excluding hydrogens is 333 g/mol. The van der Waals surface area contributed by atoms with E-state index >= 15 is 0 Å². The number of hydrogen-bond acceptors (Lipinski definition) is 2. The highest BCUT2D eigenvalue weighted by Gasteiger charge is 2.09. The highest BCUT2D eigenvalue weighted by molar-refractivity contribution is 9.10. The normalized spacial score (nSPS) is 12.2. The molecular formula is C17H19BrFNO. The Morgan fingerprint density at radius 1 is 1.24 bits per heavy atom. The number of rotatable bonds is 6. The van der Waals surface area contributed by atoms with E-state index in [2.05, 4.69) is 35.1 Å². The summed E-state index contributed by atoms with van der Waals surface area (Å²) in [6.07, 6.45) is 1.10. The van der Waals surface area contributed by atoms with Crippen molar-refractivity contribution in [2.75, 3.05) is 6.54 Å². The van der Waals surface area contributed by atoms with Crippen LogP contribution in [0.2, 0.25) is 0 Å². The van der Waals surface area contributed by atoms with Gasteiger partial charge in [-0.2, -0.15) is 0 Å². The number of nitrogens with one attached hydrogen (secondary N) is 1. The minimum absolute atomic E-state index is 0.282. The van der Waals surface area contributed by atoms with Crippen LogP contribution in [0.4, 0.5) is 4.39 Å². The van der Waals surface area contributed by atoms with E-state index in [0.29, 0.717) is 11.5 Å². The van der Waals surface area contributed by atoms with Crippen molar-refractivity contribution in [3.63, 3.8) is 0 Å². The van der Waals surface area contributed by atoms with Gasteiger partial charge in [0.15, 0.2) is 0 Å². The van der Waals surface area contributed by atoms with Crippen molar-refractivity contribution in [3.8, 4) is 11.5 Å². The van der Waals surface area contributed by atoms with Gasteiger partial charge in [0.1, 0.15) is 17.3 Å². The van der Waals surface area contributed by atoms with E-state index in [0.717, 1.165) is 17.4 Å². The molecule has 0 radical (unpaired) electrons. The molecule has 0 amide bonds. The van der Waals surface area contributed by atoms with Crippen molar-refractivity contribution in [2.45, 2.75) is 26.3 Å². The first-order valence-electron chi connectivity index (χ1n) is 7.06. The van der Waals surface area contributed by atoms with E-state index < -0.39 is 0 Å². The third-order valence-corrected chi connectivity index (χ3v) is 3.80. The van der Waals surface area contributed by atoms with Crippen LogP contribution in [0.3, 0.4) is 0 Å². The molecule has 2 rings (SSSR count). The Balaban J connectivity index is 2.12. The molecule has 0 aliphatic heterocycles. The number of benzene rings is 2. The number of ether oxygens (including phenoxy) is 1. The van der Waals surface area contributed by atoms with Crippen LogP contribution in [0.15, 0.2) is 46.9 Å². The zero-order valence-corrected chi connectivity index (χ0v) is 13.8. The number of halogens is 2. The second kappa shape index (κ2) is 7.57. The molecule has 0 saturated heterocycles. The molecule has 0 saturated carbocycles. The Kier molecular flexibility index (Phi) is 5.76. The Bertz CT molecular complexity index is 603. The molecule has 0 aliphatic carbocycles. The van der Waals surface area contributed by atoms with Gasteiger partial charge in [-0.3, -0.25) is 0 Å². The van der Waals surface area contributed by atoms with Crippen molar-refractivity contribution in [1.82, 2.24) is 5.32 Å². The summed E-state index contributed by atoms with van der Waals surface area (Å²) in [7, 11) is 0. The zero-order chi connectivity index (χ0) is 15.2. The predicted molar refractivity (Wildman–Crippen MR) is 87.3 cm³/mol. The molecule has 0 spiro atoms. The topological polar surface area (TPSA) is 21.3 Å². The smallest absolute Gasteiger partial charge is 0.141 e. The average molecular weight is 352 g/mol. The van der Waals surface area contributed by atoms with Crippen LogP contribution in [0.5, 0.6) is 11.5 Å². The van der Waals surface area contributed by atoms with Crippen LogP contribution in [0.25, 0.3) is 0 Å². The van der Waals surface area contributed by atoms with E-state index in [9.17, 15) is 4.39 Å². The van der Waals surface area contributed by atoms with Crippen LogP contribution in [0, 0.1) is 5.82 Å². The molecule has 1 unspecified atom stereocenters. The van der Waals surface area contributed by atoms with Gasteiger partial charge in [0.25, 0.3) is 0 Å². The SMILES string of the molecule is CCCNC(C)c1ccc(Oc2cccc(F)c2)c(Br)c1. The van der Waals surface area contributed by atoms with Gasteiger partial charge in [0.2, 0.25) is 0 Å². The predicted octanol–water partition coefficient (Wildman–Crippen LogP) is 5.44. The molecule has 0 aromatic heterocycles. The Labute approximate surface area is 133 Å². The summed E-state index contributed by atoms with van der Waals surface area (Å²) in [4.78, 5) is 0. The van der Waals surface area contributed by atoms with E-state index in [-0.39, 0.29) is 11.9 Å². The lowest BCUT2D eigenvalue weighted by Crippen LogP contribution is -2.19. The molecule has 0 fully saturated rings. The summed E-state index contributed by atoms with van der Waals surface area (Å²) >= 11 is 3.51. The van der Waals surface area contributed by atoms with Gasteiger partial charge >= 0.3 is 0 Å². The first-order valence-corrected chi connectivity index (χ1v) is 7.85. The molecule has 4 heteroatoms. The third-order valence-electron chi connectivity index (χ3n) is 3.18. The Morgan fingerprint density at radius 3 is 2.71 bits per heavy atom. The average Bonchev–Trinajstić information content (AvgIpc) is 2.47. The highest BCUT2D eigenvalue weighted by atomic mass is 79.9. The monoisotopic (exact) mass is 351 g/mol. The second-order valence-electron chi connectivity index (χ2n) is 4.93. The molecule has 112 valence electrons. The van der Waals surface area contributed by atoms with Crippen LogP contribution >= 0.6 is 15.9 Å². The van der Waals surface area contributed by atoms with Gasteiger partial charge in [0, 0.05) is 12.1 Å². The molecule has 21 heavy (non-hydrogen) atoms. The molecule has 1 atom stereocenters. The minimum Gasteiger partial charge on any atom is -0.456 e. The van der Waals surface area contributed by atoms with Gasteiger partial charge in [-0.05, 0) is 65.6 Å².